The molecule has 13 heavy (non-hydrogen) atoms. The van der Waals surface area contributed by atoms with E-state index in [1.54, 1.807) is 0 Å². The molecule has 2 aliphatic rings. The van der Waals surface area contributed by atoms with E-state index in [2.05, 4.69) is 18.2 Å². The summed E-state index contributed by atoms with van der Waals surface area (Å²) < 4.78 is 0. The van der Waals surface area contributed by atoms with Crippen molar-refractivity contribution < 1.29 is 4.79 Å². The molecule has 0 aromatic heterocycles. The van der Waals surface area contributed by atoms with E-state index in [4.69, 9.17) is 5.73 Å². The Hall–Kier alpha value is -1.05. The van der Waals surface area contributed by atoms with Crippen LogP contribution < -0.4 is 5.73 Å². The van der Waals surface area contributed by atoms with Crippen molar-refractivity contribution in [2.24, 2.45) is 17.6 Å². The Morgan fingerprint density at radius 1 is 1.31 bits per heavy atom. The van der Waals surface area contributed by atoms with E-state index in [0.29, 0.717) is 11.8 Å². The van der Waals surface area contributed by atoms with Crippen molar-refractivity contribution in [3.8, 4) is 0 Å². The summed E-state index contributed by atoms with van der Waals surface area (Å²) in [5.74, 6) is 0.862. The zero-order valence-electron chi connectivity index (χ0n) is 7.70. The Morgan fingerprint density at radius 2 is 2.00 bits per heavy atom. The van der Waals surface area contributed by atoms with Gasteiger partial charge in [-0.1, -0.05) is 18.2 Å². The lowest BCUT2D eigenvalue weighted by atomic mass is 9.69. The fraction of sp³-hybridized carbons (Fsp3) is 0.545. The van der Waals surface area contributed by atoms with Gasteiger partial charge in [-0.05, 0) is 37.5 Å². The van der Waals surface area contributed by atoms with Crippen LogP contribution in [0.4, 0.5) is 0 Å². The average Bonchev–Trinajstić information content (AvgIpc) is 2.03. The molecular formula is C11H15NO. The fourth-order valence-corrected chi connectivity index (χ4v) is 2.30. The van der Waals surface area contributed by atoms with Crippen LogP contribution in [-0.2, 0) is 4.79 Å². The predicted octanol–water partition coefficient (Wildman–Crippen LogP) is 1.77. The van der Waals surface area contributed by atoms with Gasteiger partial charge in [-0.2, -0.15) is 0 Å². The smallest absolute Gasteiger partial charge is 0.244 e. The van der Waals surface area contributed by atoms with Crippen LogP contribution in [0, 0.1) is 11.8 Å². The molecule has 2 nitrogen and oxygen atoms in total. The number of primary amides is 1. The molecule has 70 valence electrons. The number of carbonyl (C=O) groups excluding carboxylic acids is 1. The van der Waals surface area contributed by atoms with Gasteiger partial charge in [0.25, 0.3) is 0 Å². The number of hydrogen-bond donors (Lipinski definition) is 1. The maximum absolute atomic E-state index is 11.0. The largest absolute Gasteiger partial charge is 0.366 e. The number of allylic oxidation sites excluding steroid dienone is 3. The van der Waals surface area contributed by atoms with Crippen LogP contribution in [0.25, 0.3) is 0 Å². The lowest BCUT2D eigenvalue weighted by Crippen LogP contribution is -2.33. The quantitative estimate of drug-likeness (QED) is 0.609. The molecule has 2 N–H and O–H groups in total. The third-order valence-corrected chi connectivity index (χ3v) is 3.07. The number of nitrogens with two attached hydrogens (primary N) is 1. The standard InChI is InChI=1S/C11H15NO/c12-11(13)10-7-8-5-3-1-2-4-6-9(8)10/h1-2,7-9H,3-6H2,(H2,12,13). The molecular weight excluding hydrogens is 162 g/mol. The first-order valence-electron chi connectivity index (χ1n) is 4.95. The first-order valence-corrected chi connectivity index (χ1v) is 4.95. The van der Waals surface area contributed by atoms with Gasteiger partial charge < -0.3 is 5.73 Å². The molecule has 0 heterocycles. The molecule has 2 aliphatic carbocycles. The SMILES string of the molecule is NC(=O)C1=CC2CCC=CCCC12. The van der Waals surface area contributed by atoms with Crippen molar-refractivity contribution in [1.29, 1.82) is 0 Å². The molecule has 2 unspecified atom stereocenters. The molecule has 0 fully saturated rings. The van der Waals surface area contributed by atoms with Crippen molar-refractivity contribution >= 4 is 5.91 Å². The van der Waals surface area contributed by atoms with Crippen LogP contribution in [0.2, 0.25) is 0 Å². The molecule has 1 amide bonds. The highest BCUT2D eigenvalue weighted by atomic mass is 16.1. The Kier molecular flexibility index (Phi) is 2.21. The molecule has 0 radical (unpaired) electrons. The summed E-state index contributed by atoms with van der Waals surface area (Å²) in [6, 6.07) is 0. The summed E-state index contributed by atoms with van der Waals surface area (Å²) in [6.45, 7) is 0. The number of carbonyl (C=O) groups is 1. The molecule has 0 aromatic rings. The van der Waals surface area contributed by atoms with Crippen LogP contribution in [0.3, 0.4) is 0 Å². The first kappa shape index (κ1) is 8.54. The van der Waals surface area contributed by atoms with Gasteiger partial charge in [-0.3, -0.25) is 4.79 Å². The third kappa shape index (κ3) is 1.53. The predicted molar refractivity (Wildman–Crippen MR) is 51.9 cm³/mol. The Morgan fingerprint density at radius 3 is 2.69 bits per heavy atom. The summed E-state index contributed by atoms with van der Waals surface area (Å²) in [6.07, 6.45) is 11.0. The average molecular weight is 177 g/mol. The molecule has 2 heteroatoms. The van der Waals surface area contributed by atoms with E-state index in [1.165, 1.54) is 6.42 Å². The summed E-state index contributed by atoms with van der Waals surface area (Å²) >= 11 is 0. The van der Waals surface area contributed by atoms with Crippen LogP contribution in [0.5, 0.6) is 0 Å². The monoisotopic (exact) mass is 177 g/mol. The summed E-state index contributed by atoms with van der Waals surface area (Å²) in [5.41, 5.74) is 6.14. The second-order valence-electron chi connectivity index (χ2n) is 3.88. The summed E-state index contributed by atoms with van der Waals surface area (Å²) in [4.78, 5) is 11.0. The first-order chi connectivity index (χ1) is 6.29. The Labute approximate surface area is 78.5 Å². The normalized spacial score (nSPS) is 32.2. The Bertz CT molecular complexity index is 278. The van der Waals surface area contributed by atoms with E-state index in [0.717, 1.165) is 24.8 Å². The van der Waals surface area contributed by atoms with Gasteiger partial charge in [0.05, 0.1) is 0 Å². The molecule has 2 atom stereocenters. The second-order valence-corrected chi connectivity index (χ2v) is 3.88. The highest BCUT2D eigenvalue weighted by molar-refractivity contribution is 5.94. The minimum Gasteiger partial charge on any atom is -0.366 e. The van der Waals surface area contributed by atoms with Crippen LogP contribution in [0.1, 0.15) is 25.7 Å². The van der Waals surface area contributed by atoms with E-state index >= 15 is 0 Å². The number of fused-ring (bicyclic) bond motifs is 1. The number of hydrogen-bond acceptors (Lipinski definition) is 1. The van der Waals surface area contributed by atoms with Gasteiger partial charge in [0, 0.05) is 5.57 Å². The van der Waals surface area contributed by atoms with Crippen LogP contribution in [-0.4, -0.2) is 5.91 Å². The van der Waals surface area contributed by atoms with Crippen molar-refractivity contribution in [2.45, 2.75) is 25.7 Å². The summed E-state index contributed by atoms with van der Waals surface area (Å²) in [5, 5.41) is 0. The van der Waals surface area contributed by atoms with Crippen LogP contribution >= 0.6 is 0 Å². The van der Waals surface area contributed by atoms with Gasteiger partial charge in [0.2, 0.25) is 5.91 Å². The maximum atomic E-state index is 11.0. The van der Waals surface area contributed by atoms with Gasteiger partial charge >= 0.3 is 0 Å². The lowest BCUT2D eigenvalue weighted by molar-refractivity contribution is -0.115. The third-order valence-electron chi connectivity index (χ3n) is 3.07. The van der Waals surface area contributed by atoms with Gasteiger partial charge in [-0.15, -0.1) is 0 Å². The Balaban J connectivity index is 2.07. The molecule has 0 bridgehead atoms. The molecule has 2 rings (SSSR count). The van der Waals surface area contributed by atoms with Gasteiger partial charge in [-0.25, -0.2) is 0 Å². The molecule has 0 spiro atoms. The van der Waals surface area contributed by atoms with Crippen molar-refractivity contribution in [1.82, 2.24) is 0 Å². The summed E-state index contributed by atoms with van der Waals surface area (Å²) in [7, 11) is 0. The van der Waals surface area contributed by atoms with Crippen molar-refractivity contribution in [3.63, 3.8) is 0 Å². The highest BCUT2D eigenvalue weighted by Gasteiger charge is 2.34. The van der Waals surface area contributed by atoms with Gasteiger partial charge in [0.15, 0.2) is 0 Å². The van der Waals surface area contributed by atoms with Crippen molar-refractivity contribution in [3.05, 3.63) is 23.8 Å². The minimum atomic E-state index is -0.217. The van der Waals surface area contributed by atoms with E-state index in [1.807, 2.05) is 0 Å². The number of amides is 1. The van der Waals surface area contributed by atoms with E-state index < -0.39 is 0 Å². The molecule has 0 aromatic carbocycles. The maximum Gasteiger partial charge on any atom is 0.244 e. The molecule has 0 saturated heterocycles. The molecule has 0 saturated carbocycles. The zero-order valence-corrected chi connectivity index (χ0v) is 7.70. The van der Waals surface area contributed by atoms with E-state index in [9.17, 15) is 4.79 Å². The minimum absolute atomic E-state index is 0.217. The highest BCUT2D eigenvalue weighted by Crippen LogP contribution is 2.40. The number of rotatable bonds is 1. The van der Waals surface area contributed by atoms with Gasteiger partial charge in [0.1, 0.15) is 0 Å². The van der Waals surface area contributed by atoms with E-state index in [-0.39, 0.29) is 5.91 Å². The molecule has 0 aliphatic heterocycles. The van der Waals surface area contributed by atoms with Crippen LogP contribution in [0.15, 0.2) is 23.8 Å². The second kappa shape index (κ2) is 3.36. The van der Waals surface area contributed by atoms with Crippen molar-refractivity contribution in [2.75, 3.05) is 0 Å². The lowest BCUT2D eigenvalue weighted by Gasteiger charge is -2.35. The zero-order chi connectivity index (χ0) is 9.26. The topological polar surface area (TPSA) is 43.1 Å². The fourth-order valence-electron chi connectivity index (χ4n) is 2.30.